The van der Waals surface area contributed by atoms with E-state index in [9.17, 15) is 5.11 Å². The maximum atomic E-state index is 9.60. The van der Waals surface area contributed by atoms with Crippen LogP contribution in [0, 0.1) is 0 Å². The van der Waals surface area contributed by atoms with E-state index in [1.165, 1.54) is 5.56 Å². The fraction of sp³-hybridized carbons (Fsp3) is 0.667. The molecular weight excluding hydrogens is 254 g/mol. The Balaban J connectivity index is 1.96. The van der Waals surface area contributed by atoms with Crippen molar-refractivity contribution >= 4 is 5.82 Å². The molecule has 1 saturated heterocycles. The Hall–Kier alpha value is -1.17. The number of pyridine rings is 1. The number of hydrogen-bond donors (Lipinski definition) is 2. The summed E-state index contributed by atoms with van der Waals surface area (Å²) in [6, 6.07) is 3.93. The summed E-state index contributed by atoms with van der Waals surface area (Å²) < 4.78 is 5.38. The lowest BCUT2D eigenvalue weighted by molar-refractivity contribution is 0.145. The first kappa shape index (κ1) is 15.2. The van der Waals surface area contributed by atoms with Crippen molar-refractivity contribution in [2.24, 2.45) is 0 Å². The van der Waals surface area contributed by atoms with E-state index in [0.717, 1.165) is 57.8 Å². The molecule has 1 atom stereocenters. The normalized spacial score (nSPS) is 19.6. The van der Waals surface area contributed by atoms with Crippen molar-refractivity contribution < 1.29 is 9.84 Å². The van der Waals surface area contributed by atoms with E-state index < -0.39 is 0 Å². The maximum Gasteiger partial charge on any atom is 0.123 e. The molecule has 5 heteroatoms. The van der Waals surface area contributed by atoms with Gasteiger partial charge in [-0.05, 0) is 37.8 Å². The number of likely N-dealkylation sites (tertiary alicyclic amines) is 1. The highest BCUT2D eigenvalue weighted by Crippen LogP contribution is 2.17. The lowest BCUT2D eigenvalue weighted by Gasteiger charge is -2.17. The predicted octanol–water partition coefficient (Wildman–Crippen LogP) is 1.20. The van der Waals surface area contributed by atoms with Crippen LogP contribution in [0.4, 0.5) is 5.82 Å². The van der Waals surface area contributed by atoms with Crippen LogP contribution in [0.25, 0.3) is 0 Å². The molecule has 0 amide bonds. The van der Waals surface area contributed by atoms with Crippen LogP contribution in [0.15, 0.2) is 12.1 Å². The summed E-state index contributed by atoms with van der Waals surface area (Å²) in [7, 11) is 0. The number of nitrogen functional groups attached to an aromatic ring is 1. The number of ether oxygens (including phenoxy) is 1. The Kier molecular flexibility index (Phi) is 5.76. The minimum Gasteiger partial charge on any atom is -0.392 e. The first-order valence-electron chi connectivity index (χ1n) is 7.41. The quantitative estimate of drug-likeness (QED) is 0.734. The van der Waals surface area contributed by atoms with Gasteiger partial charge in [0.15, 0.2) is 0 Å². The number of aryl methyl sites for hydroxylation is 1. The molecule has 0 spiro atoms. The van der Waals surface area contributed by atoms with E-state index in [4.69, 9.17) is 10.5 Å². The zero-order valence-electron chi connectivity index (χ0n) is 12.2. The van der Waals surface area contributed by atoms with E-state index >= 15 is 0 Å². The number of nitrogens with two attached hydrogens (primary N) is 1. The number of aromatic nitrogens is 1. The van der Waals surface area contributed by atoms with Crippen molar-refractivity contribution in [1.29, 1.82) is 0 Å². The third-order valence-corrected chi connectivity index (χ3v) is 3.65. The van der Waals surface area contributed by atoms with Crippen molar-refractivity contribution in [3.8, 4) is 0 Å². The maximum absolute atomic E-state index is 9.60. The van der Waals surface area contributed by atoms with Crippen molar-refractivity contribution in [3.05, 3.63) is 23.4 Å². The SMILES string of the molecule is CCOCCCc1ccc(N)nc1CN1CC[C@@H](O)C1. The number of anilines is 1. The van der Waals surface area contributed by atoms with Crippen LogP contribution in [0.5, 0.6) is 0 Å². The summed E-state index contributed by atoms with van der Waals surface area (Å²) in [5.74, 6) is 0.563. The van der Waals surface area contributed by atoms with Gasteiger partial charge in [-0.1, -0.05) is 6.07 Å². The lowest BCUT2D eigenvalue weighted by atomic mass is 10.1. The number of nitrogens with zero attached hydrogens (tertiary/aromatic N) is 2. The second-order valence-corrected chi connectivity index (χ2v) is 5.32. The molecule has 112 valence electrons. The molecule has 5 nitrogen and oxygen atoms in total. The fourth-order valence-corrected chi connectivity index (χ4v) is 2.59. The van der Waals surface area contributed by atoms with E-state index in [1.54, 1.807) is 0 Å². The van der Waals surface area contributed by atoms with Gasteiger partial charge in [0.25, 0.3) is 0 Å². The van der Waals surface area contributed by atoms with Gasteiger partial charge in [-0.3, -0.25) is 4.90 Å². The zero-order valence-corrected chi connectivity index (χ0v) is 12.2. The van der Waals surface area contributed by atoms with Crippen molar-refractivity contribution in [2.45, 2.75) is 38.8 Å². The van der Waals surface area contributed by atoms with Crippen molar-refractivity contribution in [2.75, 3.05) is 32.0 Å². The molecule has 1 aliphatic heterocycles. The van der Waals surface area contributed by atoms with Gasteiger partial charge in [0.05, 0.1) is 11.8 Å². The molecule has 0 unspecified atom stereocenters. The lowest BCUT2D eigenvalue weighted by Crippen LogP contribution is -2.23. The van der Waals surface area contributed by atoms with Crippen molar-refractivity contribution in [1.82, 2.24) is 9.88 Å². The highest BCUT2D eigenvalue weighted by atomic mass is 16.5. The Labute approximate surface area is 120 Å². The van der Waals surface area contributed by atoms with Crippen LogP contribution in [0.2, 0.25) is 0 Å². The van der Waals surface area contributed by atoms with Gasteiger partial charge in [-0.15, -0.1) is 0 Å². The molecule has 3 N–H and O–H groups in total. The van der Waals surface area contributed by atoms with Gasteiger partial charge < -0.3 is 15.6 Å². The minimum atomic E-state index is -0.197. The summed E-state index contributed by atoms with van der Waals surface area (Å²) in [5.41, 5.74) is 8.08. The molecule has 1 aromatic rings. The van der Waals surface area contributed by atoms with Crippen LogP contribution in [-0.2, 0) is 17.7 Å². The van der Waals surface area contributed by atoms with E-state index in [0.29, 0.717) is 5.82 Å². The zero-order chi connectivity index (χ0) is 14.4. The predicted molar refractivity (Wildman–Crippen MR) is 79.4 cm³/mol. The number of aliphatic hydroxyl groups is 1. The summed E-state index contributed by atoms with van der Waals surface area (Å²) in [6.45, 7) is 5.98. The first-order valence-corrected chi connectivity index (χ1v) is 7.41. The summed E-state index contributed by atoms with van der Waals surface area (Å²) >= 11 is 0. The second-order valence-electron chi connectivity index (χ2n) is 5.32. The van der Waals surface area contributed by atoms with Gasteiger partial charge in [0.2, 0.25) is 0 Å². The van der Waals surface area contributed by atoms with Gasteiger partial charge in [0.1, 0.15) is 5.82 Å². The number of rotatable bonds is 7. The van der Waals surface area contributed by atoms with Gasteiger partial charge in [0, 0.05) is 32.8 Å². The highest BCUT2D eigenvalue weighted by Gasteiger charge is 2.21. The second kappa shape index (κ2) is 7.57. The molecule has 2 heterocycles. The fourth-order valence-electron chi connectivity index (χ4n) is 2.59. The molecule has 20 heavy (non-hydrogen) atoms. The average molecular weight is 279 g/mol. The Morgan fingerprint density at radius 2 is 2.35 bits per heavy atom. The average Bonchev–Trinajstić information content (AvgIpc) is 2.82. The Morgan fingerprint density at radius 1 is 1.50 bits per heavy atom. The first-order chi connectivity index (χ1) is 9.69. The smallest absolute Gasteiger partial charge is 0.123 e. The Morgan fingerprint density at radius 3 is 3.05 bits per heavy atom. The summed E-state index contributed by atoms with van der Waals surface area (Å²) in [5, 5.41) is 9.60. The molecule has 1 aromatic heterocycles. The molecule has 0 aromatic carbocycles. The molecular formula is C15H25N3O2. The minimum absolute atomic E-state index is 0.197. The highest BCUT2D eigenvalue weighted by molar-refractivity contribution is 5.34. The van der Waals surface area contributed by atoms with E-state index in [1.807, 2.05) is 13.0 Å². The molecule has 0 saturated carbocycles. The Bertz CT molecular complexity index is 426. The van der Waals surface area contributed by atoms with Crippen LogP contribution >= 0.6 is 0 Å². The monoisotopic (exact) mass is 279 g/mol. The molecule has 0 radical (unpaired) electrons. The molecule has 2 rings (SSSR count). The number of aliphatic hydroxyl groups excluding tert-OH is 1. The largest absolute Gasteiger partial charge is 0.392 e. The van der Waals surface area contributed by atoms with Gasteiger partial charge in [-0.25, -0.2) is 4.98 Å². The van der Waals surface area contributed by atoms with Crippen molar-refractivity contribution in [3.63, 3.8) is 0 Å². The van der Waals surface area contributed by atoms with Crippen LogP contribution in [-0.4, -0.2) is 47.4 Å². The molecule has 0 aliphatic carbocycles. The number of hydrogen-bond acceptors (Lipinski definition) is 5. The topological polar surface area (TPSA) is 71.6 Å². The summed E-state index contributed by atoms with van der Waals surface area (Å²) in [6.07, 6.45) is 2.60. The summed E-state index contributed by atoms with van der Waals surface area (Å²) in [4.78, 5) is 6.71. The third kappa shape index (κ3) is 4.44. The van der Waals surface area contributed by atoms with Gasteiger partial charge >= 0.3 is 0 Å². The van der Waals surface area contributed by atoms with Crippen LogP contribution in [0.3, 0.4) is 0 Å². The van der Waals surface area contributed by atoms with Gasteiger partial charge in [-0.2, -0.15) is 0 Å². The van der Waals surface area contributed by atoms with Crippen LogP contribution in [0.1, 0.15) is 31.0 Å². The molecule has 1 fully saturated rings. The van der Waals surface area contributed by atoms with E-state index in [2.05, 4.69) is 16.0 Å². The molecule has 0 bridgehead atoms. The standard InChI is InChI=1S/C15H25N3O2/c1-2-20-9-3-4-12-5-6-15(16)17-14(12)11-18-8-7-13(19)10-18/h5-6,13,19H,2-4,7-11H2,1H3,(H2,16,17)/t13-/m1/s1. The molecule has 1 aliphatic rings. The van der Waals surface area contributed by atoms with Crippen LogP contribution < -0.4 is 5.73 Å². The number of β-amino-alcohol motifs (C(OH)–C–C–N with tert-alkyl or cyclic N) is 1. The van der Waals surface area contributed by atoms with E-state index in [-0.39, 0.29) is 6.10 Å². The third-order valence-electron chi connectivity index (χ3n) is 3.65.